The third-order valence-electron chi connectivity index (χ3n) is 17.1. The van der Waals surface area contributed by atoms with E-state index in [1.807, 2.05) is 0 Å². The van der Waals surface area contributed by atoms with Crippen LogP contribution in [0.25, 0.3) is 0 Å². The third kappa shape index (κ3) is 10.9. The van der Waals surface area contributed by atoms with Gasteiger partial charge < -0.3 is 74.4 Å². The smallest absolute Gasteiger partial charge is 0.187 e. The number of allylic oxidation sites excluding steroid dienone is 1. The minimum atomic E-state index is -1.51. The van der Waals surface area contributed by atoms with Crippen molar-refractivity contribution in [1.29, 1.82) is 0 Å². The highest BCUT2D eigenvalue weighted by atomic mass is 16.8. The number of aliphatic hydroxyl groups excluding tert-OH is 8. The maximum absolute atomic E-state index is 11.7. The molecule has 3 aliphatic carbocycles. The minimum Gasteiger partial charge on any atom is -0.394 e. The molecule has 0 aromatic carbocycles. The SMILES string of the molecule is C#C[C@H](CC[C@@H](O[C@@H]1O[C@H](CO[C@H]2O[C@H](CO)[C@@H](O)C[C@H]2O)C[C@H](O)C1O[C@@H]1OC(CO)C[C@H](O)[C@H]1O)C(C)(C)O)C1CC[C@@]2(C)C(C)C/C=C3\C(CCC[C@]12C)CC[C@H](O)C3(C)C. The maximum Gasteiger partial charge on any atom is 0.187 e. The van der Waals surface area contributed by atoms with Crippen LogP contribution >= 0.6 is 0 Å². The highest BCUT2D eigenvalue weighted by molar-refractivity contribution is 5.22. The van der Waals surface area contributed by atoms with Crippen LogP contribution in [0.5, 0.6) is 0 Å². The Kier molecular flexibility index (Phi) is 17.2. The fourth-order valence-electron chi connectivity index (χ4n) is 12.5. The first-order valence-electron chi connectivity index (χ1n) is 24.2. The van der Waals surface area contributed by atoms with Crippen molar-refractivity contribution in [3.63, 3.8) is 0 Å². The molecule has 0 amide bonds. The highest BCUT2D eigenvalue weighted by Gasteiger charge is 2.58. The largest absolute Gasteiger partial charge is 0.394 e. The van der Waals surface area contributed by atoms with Gasteiger partial charge >= 0.3 is 0 Å². The van der Waals surface area contributed by atoms with Crippen LogP contribution in [0.15, 0.2) is 11.6 Å². The second-order valence-corrected chi connectivity index (χ2v) is 21.9. The first-order chi connectivity index (χ1) is 30.1. The summed E-state index contributed by atoms with van der Waals surface area (Å²) in [6, 6.07) is 0. The molecule has 3 saturated heterocycles. The lowest BCUT2D eigenvalue weighted by molar-refractivity contribution is -0.359. The van der Waals surface area contributed by atoms with E-state index in [1.165, 1.54) is 5.57 Å². The Labute approximate surface area is 380 Å². The van der Waals surface area contributed by atoms with E-state index in [0.717, 1.165) is 51.4 Å². The van der Waals surface area contributed by atoms with Gasteiger partial charge in [0.2, 0.25) is 0 Å². The van der Waals surface area contributed by atoms with E-state index in [-0.39, 0.29) is 60.1 Å². The number of fused-ring (bicyclic) bond motifs is 2. The fourth-order valence-corrected chi connectivity index (χ4v) is 12.5. The van der Waals surface area contributed by atoms with Crippen LogP contribution in [0.1, 0.15) is 132 Å². The van der Waals surface area contributed by atoms with Gasteiger partial charge in [-0.1, -0.05) is 52.7 Å². The lowest BCUT2D eigenvalue weighted by Gasteiger charge is -2.51. The van der Waals surface area contributed by atoms with E-state index in [2.05, 4.69) is 46.6 Å². The summed E-state index contributed by atoms with van der Waals surface area (Å²) in [5.41, 5.74) is -0.303. The first-order valence-corrected chi connectivity index (χ1v) is 24.2. The molecular weight excluding hydrogens is 829 g/mol. The van der Waals surface area contributed by atoms with Crippen molar-refractivity contribution in [3.05, 3.63) is 11.6 Å². The predicted octanol–water partition coefficient (Wildman–Crippen LogP) is 3.06. The van der Waals surface area contributed by atoms with Gasteiger partial charge in [0.15, 0.2) is 18.9 Å². The van der Waals surface area contributed by atoms with Crippen molar-refractivity contribution in [3.8, 4) is 12.3 Å². The number of terminal acetylenes is 1. The van der Waals surface area contributed by atoms with Gasteiger partial charge in [-0.05, 0) is 100 Å². The molecule has 9 N–H and O–H groups in total. The number of ether oxygens (including phenoxy) is 6. The van der Waals surface area contributed by atoms with Crippen molar-refractivity contribution >= 4 is 0 Å². The Morgan fingerprint density at radius 3 is 2.17 bits per heavy atom. The van der Waals surface area contributed by atoms with Crippen molar-refractivity contribution in [2.45, 2.75) is 224 Å². The normalized spacial score (nSPS) is 46.1. The summed E-state index contributed by atoms with van der Waals surface area (Å²) < 4.78 is 36.5. The Hall–Kier alpha value is -1.30. The molecule has 3 heterocycles. The van der Waals surface area contributed by atoms with Gasteiger partial charge in [-0.2, -0.15) is 0 Å². The van der Waals surface area contributed by atoms with Crippen molar-refractivity contribution < 1.29 is 74.4 Å². The molecular formula is C49H82O15. The number of hydrogen-bond donors (Lipinski definition) is 9. The van der Waals surface area contributed by atoms with Crippen LogP contribution in [0.2, 0.25) is 0 Å². The number of rotatable bonds is 14. The molecule has 15 nitrogen and oxygen atoms in total. The van der Waals surface area contributed by atoms with E-state index in [4.69, 9.17) is 34.8 Å². The Balaban J connectivity index is 1.20. The summed E-state index contributed by atoms with van der Waals surface area (Å²) in [5, 5.41) is 96.1. The molecule has 5 fully saturated rings. The second kappa shape index (κ2) is 21.1. The van der Waals surface area contributed by atoms with E-state index in [0.29, 0.717) is 24.7 Å². The zero-order chi connectivity index (χ0) is 46.9. The van der Waals surface area contributed by atoms with Crippen molar-refractivity contribution in [2.24, 2.45) is 39.9 Å². The van der Waals surface area contributed by atoms with Gasteiger partial charge in [-0.15, -0.1) is 12.3 Å². The van der Waals surface area contributed by atoms with E-state index < -0.39 is 98.7 Å². The predicted molar refractivity (Wildman–Crippen MR) is 235 cm³/mol. The van der Waals surface area contributed by atoms with E-state index >= 15 is 0 Å². The van der Waals surface area contributed by atoms with Crippen molar-refractivity contribution in [1.82, 2.24) is 0 Å². The average molecular weight is 911 g/mol. The highest BCUT2D eigenvalue weighted by Crippen LogP contribution is 2.65. The first kappa shape index (κ1) is 52.1. The Morgan fingerprint density at radius 1 is 0.797 bits per heavy atom. The lowest BCUT2D eigenvalue weighted by Crippen LogP contribution is -2.59. The molecule has 64 heavy (non-hydrogen) atoms. The van der Waals surface area contributed by atoms with Crippen LogP contribution < -0.4 is 0 Å². The van der Waals surface area contributed by atoms with Gasteiger partial charge in [0, 0.05) is 30.6 Å². The summed E-state index contributed by atoms with van der Waals surface area (Å²) in [6.45, 7) is 13.8. The molecule has 2 saturated carbocycles. The summed E-state index contributed by atoms with van der Waals surface area (Å²) in [7, 11) is 0. The van der Waals surface area contributed by atoms with E-state index in [1.54, 1.807) is 13.8 Å². The van der Waals surface area contributed by atoms with E-state index in [9.17, 15) is 46.0 Å². The molecule has 0 aromatic rings. The second-order valence-electron chi connectivity index (χ2n) is 21.9. The van der Waals surface area contributed by atoms with Crippen LogP contribution in [0.3, 0.4) is 0 Å². The molecule has 0 aromatic heterocycles. The standard InChI is InChI=1S/C49H82O15/c1-9-28(33-18-20-48(7)27(2)12-15-32-29(11-10-19-49(33,48)8)13-16-39(56)46(32,3)4)14-17-40(47(5,6)58)63-45-42(64-44-41(57)35(53)21-30(24-50)60-44)36(54)22-31(61-45)26-59-43-37(55)23-34(52)38(25-51)62-43/h1,15,27-31,33-45,50-58H,10-14,16-26H2,2-8H3/b32-15+/t27?,28-,29?,30?,31+,33?,34+,35+,36+,37-,38-,39+,40-,41-,42?,43+,44+,45+,48+,49-/m1/s1. The molecule has 5 unspecified atom stereocenters. The van der Waals surface area contributed by atoms with Gasteiger partial charge in [0.25, 0.3) is 0 Å². The maximum atomic E-state index is 11.7. The average Bonchev–Trinajstić information content (AvgIpc) is 3.50. The zero-order valence-electron chi connectivity index (χ0n) is 39.3. The topological polar surface area (TPSA) is 237 Å². The van der Waals surface area contributed by atoms with Crippen LogP contribution in [-0.4, -0.2) is 157 Å². The molecule has 15 heteroatoms. The monoisotopic (exact) mass is 911 g/mol. The van der Waals surface area contributed by atoms with Crippen LogP contribution in [0.4, 0.5) is 0 Å². The third-order valence-corrected chi connectivity index (χ3v) is 17.1. The molecule has 20 atom stereocenters. The molecule has 0 radical (unpaired) electrons. The molecule has 6 aliphatic rings. The Morgan fingerprint density at radius 2 is 1.50 bits per heavy atom. The lowest BCUT2D eigenvalue weighted by atomic mass is 9.53. The van der Waals surface area contributed by atoms with Gasteiger partial charge in [0.05, 0.1) is 68.1 Å². The Bertz CT molecular complexity index is 1580. The van der Waals surface area contributed by atoms with Gasteiger partial charge in [-0.3, -0.25) is 0 Å². The quantitative estimate of drug-likeness (QED) is 0.0900. The van der Waals surface area contributed by atoms with Crippen molar-refractivity contribution in [2.75, 3.05) is 19.8 Å². The summed E-state index contributed by atoms with van der Waals surface area (Å²) in [6.07, 6.45) is 2.00. The number of hydrogen-bond acceptors (Lipinski definition) is 15. The summed E-state index contributed by atoms with van der Waals surface area (Å²) in [5.74, 6) is 4.10. The zero-order valence-corrected chi connectivity index (χ0v) is 39.3. The molecule has 0 spiro atoms. The van der Waals surface area contributed by atoms with Crippen LogP contribution in [0, 0.1) is 52.3 Å². The molecule has 0 bridgehead atoms. The molecule has 368 valence electrons. The van der Waals surface area contributed by atoms with Gasteiger partial charge in [0.1, 0.15) is 24.4 Å². The fraction of sp³-hybridized carbons (Fsp3) is 0.918. The van der Waals surface area contributed by atoms with Gasteiger partial charge in [-0.25, -0.2) is 0 Å². The minimum absolute atomic E-state index is 0.0137. The summed E-state index contributed by atoms with van der Waals surface area (Å²) in [4.78, 5) is 0. The molecule has 3 aliphatic heterocycles. The van der Waals surface area contributed by atoms with Crippen LogP contribution in [-0.2, 0) is 28.4 Å². The summed E-state index contributed by atoms with van der Waals surface area (Å²) >= 11 is 0. The molecule has 6 rings (SSSR count). The number of aliphatic hydroxyl groups is 9.